The number of carbonyl (C=O) groups excluding carboxylic acids is 1. The van der Waals surface area contributed by atoms with Crippen LogP contribution in [0.3, 0.4) is 0 Å². The van der Waals surface area contributed by atoms with Crippen molar-refractivity contribution in [2.24, 2.45) is 5.92 Å². The molecular weight excluding hydrogens is 460 g/mol. The molecule has 2 aliphatic carbocycles. The number of fused-ring (bicyclic) bond motifs is 1. The van der Waals surface area contributed by atoms with Gasteiger partial charge in [-0.1, -0.05) is 0 Å². The van der Waals surface area contributed by atoms with Crippen LogP contribution in [0.4, 0.5) is 26.1 Å². The zero-order chi connectivity index (χ0) is 24.7. The van der Waals surface area contributed by atoms with E-state index in [2.05, 4.69) is 26.0 Å². The highest BCUT2D eigenvalue weighted by Crippen LogP contribution is 2.44. The minimum absolute atomic E-state index is 0.187. The lowest BCUT2D eigenvalue weighted by Gasteiger charge is -2.36. The van der Waals surface area contributed by atoms with Crippen LogP contribution in [-0.4, -0.2) is 55.8 Å². The van der Waals surface area contributed by atoms with Crippen LogP contribution in [0, 0.1) is 5.92 Å². The Morgan fingerprint density at radius 3 is 2.80 bits per heavy atom. The molecule has 1 amide bonds. The molecule has 3 heterocycles. The molecule has 3 aromatic rings. The maximum absolute atomic E-state index is 13.3. The second kappa shape index (κ2) is 8.91. The SMILES string of the molecule is CNc1cc(Nc2cccn(C3CC(F)(F)C3)c2=O)nc2c(C(=O)NC[C@@H]3CC[C@@H](O)C3)cnn12. The monoisotopic (exact) mass is 487 g/mol. The molecule has 2 fully saturated rings. The molecular formula is C23H27F2N7O3. The van der Waals surface area contributed by atoms with Crippen LogP contribution in [0.1, 0.15) is 48.5 Å². The molecule has 2 saturated carbocycles. The second-order valence-corrected chi connectivity index (χ2v) is 9.29. The summed E-state index contributed by atoms with van der Waals surface area (Å²) in [5.41, 5.74) is 0.321. The van der Waals surface area contributed by atoms with Crippen LogP contribution in [0.15, 0.2) is 35.4 Å². The number of pyridine rings is 1. The van der Waals surface area contributed by atoms with Crippen molar-refractivity contribution in [3.8, 4) is 0 Å². The maximum Gasteiger partial charge on any atom is 0.274 e. The first-order chi connectivity index (χ1) is 16.7. The van der Waals surface area contributed by atoms with Gasteiger partial charge in [0.1, 0.15) is 22.9 Å². The van der Waals surface area contributed by atoms with Gasteiger partial charge in [-0.3, -0.25) is 9.59 Å². The Morgan fingerprint density at radius 1 is 1.31 bits per heavy atom. The first-order valence-corrected chi connectivity index (χ1v) is 11.6. The molecule has 35 heavy (non-hydrogen) atoms. The summed E-state index contributed by atoms with van der Waals surface area (Å²) in [7, 11) is 1.69. The number of anilines is 3. The molecule has 0 unspecified atom stereocenters. The lowest BCUT2D eigenvalue weighted by Crippen LogP contribution is -2.41. The predicted molar refractivity (Wildman–Crippen MR) is 125 cm³/mol. The van der Waals surface area contributed by atoms with Crippen molar-refractivity contribution in [3.63, 3.8) is 0 Å². The first kappa shape index (κ1) is 23.2. The number of rotatable bonds is 7. The predicted octanol–water partition coefficient (Wildman–Crippen LogP) is 2.54. The van der Waals surface area contributed by atoms with Crippen molar-refractivity contribution in [3.05, 3.63) is 46.5 Å². The Bertz CT molecular complexity index is 1310. The number of hydrogen-bond acceptors (Lipinski definition) is 7. The van der Waals surface area contributed by atoms with E-state index < -0.39 is 17.5 Å². The highest BCUT2D eigenvalue weighted by molar-refractivity contribution is 6.00. The van der Waals surface area contributed by atoms with E-state index in [1.807, 2.05) is 0 Å². The number of carbonyl (C=O) groups is 1. The van der Waals surface area contributed by atoms with E-state index in [1.54, 1.807) is 25.2 Å². The quantitative estimate of drug-likeness (QED) is 0.404. The number of amides is 1. The second-order valence-electron chi connectivity index (χ2n) is 9.29. The van der Waals surface area contributed by atoms with Crippen LogP contribution in [0.2, 0.25) is 0 Å². The number of aromatic nitrogens is 4. The molecule has 0 aromatic carbocycles. The zero-order valence-electron chi connectivity index (χ0n) is 19.2. The van der Waals surface area contributed by atoms with E-state index in [9.17, 15) is 23.5 Å². The van der Waals surface area contributed by atoms with Crippen molar-refractivity contribution in [1.29, 1.82) is 0 Å². The van der Waals surface area contributed by atoms with Gasteiger partial charge in [0.15, 0.2) is 5.65 Å². The zero-order valence-corrected chi connectivity index (χ0v) is 19.2. The van der Waals surface area contributed by atoms with Crippen molar-refractivity contribution in [1.82, 2.24) is 24.5 Å². The van der Waals surface area contributed by atoms with Gasteiger partial charge in [-0.05, 0) is 37.3 Å². The fraction of sp³-hybridized carbons (Fsp3) is 0.478. The molecule has 0 spiro atoms. The highest BCUT2D eigenvalue weighted by Gasteiger charge is 2.46. The molecule has 2 atom stereocenters. The summed E-state index contributed by atoms with van der Waals surface area (Å²) in [6, 6.07) is 4.26. The lowest BCUT2D eigenvalue weighted by molar-refractivity contribution is -0.104. The largest absolute Gasteiger partial charge is 0.393 e. The van der Waals surface area contributed by atoms with E-state index >= 15 is 0 Å². The van der Waals surface area contributed by atoms with Crippen molar-refractivity contribution >= 4 is 28.9 Å². The number of nitrogens with one attached hydrogen (secondary N) is 3. The Hall–Kier alpha value is -3.54. The van der Waals surface area contributed by atoms with E-state index in [0.717, 1.165) is 12.8 Å². The number of hydrogen-bond donors (Lipinski definition) is 4. The summed E-state index contributed by atoms with van der Waals surface area (Å²) in [5, 5.41) is 22.8. The van der Waals surface area contributed by atoms with Gasteiger partial charge in [0.05, 0.1) is 12.3 Å². The summed E-state index contributed by atoms with van der Waals surface area (Å²) in [6.45, 7) is 0.452. The molecule has 3 aromatic heterocycles. The Morgan fingerprint density at radius 2 is 2.11 bits per heavy atom. The summed E-state index contributed by atoms with van der Waals surface area (Å²) < 4.78 is 29.4. The van der Waals surface area contributed by atoms with Crippen LogP contribution in [0.25, 0.3) is 5.65 Å². The molecule has 10 nitrogen and oxygen atoms in total. The smallest absolute Gasteiger partial charge is 0.274 e. The van der Waals surface area contributed by atoms with Crippen LogP contribution in [0.5, 0.6) is 0 Å². The van der Waals surface area contributed by atoms with Crippen LogP contribution >= 0.6 is 0 Å². The van der Waals surface area contributed by atoms with E-state index in [-0.39, 0.29) is 47.7 Å². The van der Waals surface area contributed by atoms with Gasteiger partial charge in [-0.2, -0.15) is 9.61 Å². The number of nitrogens with zero attached hydrogens (tertiary/aromatic N) is 4. The fourth-order valence-electron chi connectivity index (χ4n) is 4.79. The van der Waals surface area contributed by atoms with Crippen molar-refractivity contribution in [2.75, 3.05) is 24.2 Å². The average Bonchev–Trinajstić information content (AvgIpc) is 3.43. The van der Waals surface area contributed by atoms with Crippen molar-refractivity contribution < 1.29 is 18.7 Å². The van der Waals surface area contributed by atoms with Crippen molar-refractivity contribution in [2.45, 2.75) is 50.2 Å². The highest BCUT2D eigenvalue weighted by atomic mass is 19.3. The third kappa shape index (κ3) is 4.57. The maximum atomic E-state index is 13.3. The van der Waals surface area contributed by atoms with E-state index in [4.69, 9.17) is 0 Å². The summed E-state index contributed by atoms with van der Waals surface area (Å²) >= 11 is 0. The standard InChI is InChI=1S/C23H27F2N7O3/c1-26-19-8-18(29-17-3-2-6-31(22(17)35)14-9-23(24,25)10-14)30-20-16(12-28-32(19)20)21(34)27-11-13-4-5-15(33)7-13/h2-3,6,8,12-15,26,33H,4-5,7,9-11H2,1H3,(H,27,34)(H,29,30)/t13-,15-/m1/s1. The fourth-order valence-corrected chi connectivity index (χ4v) is 4.79. The number of alkyl halides is 2. The number of aliphatic hydroxyl groups excluding tert-OH is 1. The number of halogens is 2. The van der Waals surface area contributed by atoms with Gasteiger partial charge in [-0.25, -0.2) is 13.8 Å². The number of aliphatic hydroxyl groups is 1. The minimum atomic E-state index is -2.74. The first-order valence-electron chi connectivity index (χ1n) is 11.6. The molecule has 0 aliphatic heterocycles. The van der Waals surface area contributed by atoms with Gasteiger partial charge in [-0.15, -0.1) is 0 Å². The summed E-state index contributed by atoms with van der Waals surface area (Å²) in [5.74, 6) is -2.02. The van der Waals surface area contributed by atoms with Gasteiger partial charge in [0.2, 0.25) is 0 Å². The Balaban J connectivity index is 1.39. The van der Waals surface area contributed by atoms with E-state index in [1.165, 1.54) is 21.5 Å². The topological polar surface area (TPSA) is 126 Å². The van der Waals surface area contributed by atoms with E-state index in [0.29, 0.717) is 24.6 Å². The molecule has 5 rings (SSSR count). The third-order valence-corrected chi connectivity index (χ3v) is 6.74. The normalized spacial score (nSPS) is 21.6. The summed E-state index contributed by atoms with van der Waals surface area (Å²) in [4.78, 5) is 30.3. The summed E-state index contributed by atoms with van der Waals surface area (Å²) in [6.07, 6.45) is 4.16. The third-order valence-electron chi connectivity index (χ3n) is 6.74. The van der Waals surface area contributed by atoms with Gasteiger partial charge < -0.3 is 25.6 Å². The Labute approximate surface area is 199 Å². The van der Waals surface area contributed by atoms with Crippen LogP contribution in [-0.2, 0) is 0 Å². The van der Waals surface area contributed by atoms with Gasteiger partial charge in [0.25, 0.3) is 17.4 Å². The van der Waals surface area contributed by atoms with Gasteiger partial charge in [0, 0.05) is 44.7 Å². The minimum Gasteiger partial charge on any atom is -0.393 e. The Kier molecular flexibility index (Phi) is 5.91. The molecule has 0 saturated heterocycles. The molecule has 12 heteroatoms. The molecule has 0 radical (unpaired) electrons. The average molecular weight is 488 g/mol. The molecule has 2 aliphatic rings. The molecule has 0 bridgehead atoms. The molecule has 186 valence electrons. The molecule has 4 N–H and O–H groups in total. The van der Waals surface area contributed by atoms with Gasteiger partial charge >= 0.3 is 0 Å². The lowest BCUT2D eigenvalue weighted by atomic mass is 9.88. The van der Waals surface area contributed by atoms with Crippen LogP contribution < -0.4 is 21.5 Å².